The van der Waals surface area contributed by atoms with Crippen LogP contribution in [0.1, 0.15) is 32.3 Å². The summed E-state index contributed by atoms with van der Waals surface area (Å²) >= 11 is 0. The van der Waals surface area contributed by atoms with E-state index in [1.807, 2.05) is 23.1 Å². The van der Waals surface area contributed by atoms with Gasteiger partial charge in [-0.25, -0.2) is 4.79 Å². The van der Waals surface area contributed by atoms with Crippen molar-refractivity contribution in [2.24, 2.45) is 0 Å². The lowest BCUT2D eigenvalue weighted by molar-refractivity contribution is -0.00904. The van der Waals surface area contributed by atoms with E-state index in [9.17, 15) is 4.79 Å². The van der Waals surface area contributed by atoms with Crippen LogP contribution in [-0.2, 0) is 4.74 Å². The molecule has 5 nitrogen and oxygen atoms in total. The Morgan fingerprint density at radius 3 is 2.62 bits per heavy atom. The Labute approximate surface area is 157 Å². The van der Waals surface area contributed by atoms with Crippen LogP contribution in [0.2, 0.25) is 0 Å². The zero-order valence-electron chi connectivity index (χ0n) is 16.0. The van der Waals surface area contributed by atoms with Crippen molar-refractivity contribution < 1.29 is 9.53 Å². The maximum atomic E-state index is 12.7. The zero-order chi connectivity index (χ0) is 18.4. The number of amides is 2. The van der Waals surface area contributed by atoms with E-state index in [1.54, 1.807) is 0 Å². The highest BCUT2D eigenvalue weighted by Gasteiger charge is 2.33. The lowest BCUT2D eigenvalue weighted by atomic mass is 10.0. The summed E-state index contributed by atoms with van der Waals surface area (Å²) in [5.41, 5.74) is 1.10. The number of rotatable bonds is 7. The SMILES string of the molecule is CC(C)(CNC(=O)N(CC=Cc1ccccc1)C1CC1)N1CCOCC1. The lowest BCUT2D eigenvalue weighted by Crippen LogP contribution is -2.56. The predicted molar refractivity (Wildman–Crippen MR) is 105 cm³/mol. The second-order valence-corrected chi connectivity index (χ2v) is 7.77. The van der Waals surface area contributed by atoms with Crippen molar-refractivity contribution in [1.29, 1.82) is 0 Å². The number of nitrogens with zero attached hydrogens (tertiary/aromatic N) is 2. The Morgan fingerprint density at radius 1 is 1.27 bits per heavy atom. The van der Waals surface area contributed by atoms with Gasteiger partial charge in [-0.1, -0.05) is 42.5 Å². The maximum Gasteiger partial charge on any atom is 0.317 e. The summed E-state index contributed by atoms with van der Waals surface area (Å²) < 4.78 is 5.43. The van der Waals surface area contributed by atoms with Gasteiger partial charge in [0.2, 0.25) is 0 Å². The summed E-state index contributed by atoms with van der Waals surface area (Å²) in [6, 6.07) is 10.6. The Morgan fingerprint density at radius 2 is 1.96 bits per heavy atom. The van der Waals surface area contributed by atoms with Gasteiger partial charge >= 0.3 is 6.03 Å². The molecule has 1 aromatic rings. The molecule has 1 N–H and O–H groups in total. The summed E-state index contributed by atoms with van der Waals surface area (Å²) in [5.74, 6) is 0. The van der Waals surface area contributed by atoms with E-state index in [0.29, 0.717) is 19.1 Å². The molecule has 0 aromatic heterocycles. The lowest BCUT2D eigenvalue weighted by Gasteiger charge is -2.41. The molecule has 142 valence electrons. The average molecular weight is 357 g/mol. The highest BCUT2D eigenvalue weighted by molar-refractivity contribution is 5.75. The number of carbonyl (C=O) groups excluding carboxylic acids is 1. The summed E-state index contributed by atoms with van der Waals surface area (Å²) in [5, 5.41) is 3.16. The minimum atomic E-state index is -0.0610. The highest BCUT2D eigenvalue weighted by Crippen LogP contribution is 2.27. The first-order valence-corrected chi connectivity index (χ1v) is 9.65. The molecule has 1 aromatic carbocycles. The molecule has 0 spiro atoms. The second kappa shape index (κ2) is 8.69. The van der Waals surface area contributed by atoms with Crippen LogP contribution in [0.5, 0.6) is 0 Å². The molecule has 2 fully saturated rings. The zero-order valence-corrected chi connectivity index (χ0v) is 16.0. The quantitative estimate of drug-likeness (QED) is 0.816. The number of hydrogen-bond donors (Lipinski definition) is 1. The van der Waals surface area contributed by atoms with Crippen LogP contribution in [0, 0.1) is 0 Å². The molecule has 3 rings (SSSR count). The normalized spacial score (nSPS) is 18.8. The standard InChI is InChI=1S/C21H31N3O2/c1-21(2,23-13-15-26-16-14-23)17-22-20(25)24(19-10-11-19)12-6-9-18-7-4-3-5-8-18/h3-9,19H,10-17H2,1-2H3,(H,22,25). The van der Waals surface area contributed by atoms with Crippen molar-refractivity contribution >= 4 is 12.1 Å². The smallest absolute Gasteiger partial charge is 0.317 e. The minimum absolute atomic E-state index is 0.0477. The van der Waals surface area contributed by atoms with Gasteiger partial charge in [0.15, 0.2) is 0 Å². The topological polar surface area (TPSA) is 44.8 Å². The molecule has 1 saturated carbocycles. The fourth-order valence-electron chi connectivity index (χ4n) is 3.32. The van der Waals surface area contributed by atoms with Crippen molar-refractivity contribution in [1.82, 2.24) is 15.1 Å². The van der Waals surface area contributed by atoms with Crippen LogP contribution in [0.3, 0.4) is 0 Å². The van der Waals surface area contributed by atoms with Gasteiger partial charge in [0.1, 0.15) is 0 Å². The third kappa shape index (κ3) is 5.32. The third-order valence-electron chi connectivity index (χ3n) is 5.20. The summed E-state index contributed by atoms with van der Waals surface area (Å²) in [6.45, 7) is 9.08. The molecule has 1 aliphatic carbocycles. The minimum Gasteiger partial charge on any atom is -0.379 e. The Balaban J connectivity index is 1.51. The van der Waals surface area contributed by atoms with Crippen molar-refractivity contribution in [3.8, 4) is 0 Å². The summed E-state index contributed by atoms with van der Waals surface area (Å²) in [6.07, 6.45) is 6.39. The number of carbonyl (C=O) groups is 1. The van der Waals surface area contributed by atoms with Crippen LogP contribution in [0.25, 0.3) is 6.08 Å². The van der Waals surface area contributed by atoms with Crippen LogP contribution < -0.4 is 5.32 Å². The fourth-order valence-corrected chi connectivity index (χ4v) is 3.32. The van der Waals surface area contributed by atoms with Gasteiger partial charge in [0.25, 0.3) is 0 Å². The molecule has 1 saturated heterocycles. The second-order valence-electron chi connectivity index (χ2n) is 7.77. The summed E-state index contributed by atoms with van der Waals surface area (Å²) in [7, 11) is 0. The molecule has 5 heteroatoms. The summed E-state index contributed by atoms with van der Waals surface area (Å²) in [4.78, 5) is 17.1. The molecule has 0 bridgehead atoms. The van der Waals surface area contributed by atoms with Crippen molar-refractivity contribution in [2.75, 3.05) is 39.4 Å². The molecule has 26 heavy (non-hydrogen) atoms. The van der Waals surface area contributed by atoms with Gasteiger partial charge in [-0.15, -0.1) is 0 Å². The number of urea groups is 1. The van der Waals surface area contributed by atoms with Gasteiger partial charge in [-0.05, 0) is 32.3 Å². The van der Waals surface area contributed by atoms with Gasteiger partial charge in [-0.3, -0.25) is 4.90 Å². The van der Waals surface area contributed by atoms with Crippen LogP contribution in [-0.4, -0.2) is 66.8 Å². The highest BCUT2D eigenvalue weighted by atomic mass is 16.5. The first kappa shape index (κ1) is 18.9. The number of benzene rings is 1. The van der Waals surface area contributed by atoms with Gasteiger partial charge < -0.3 is 15.0 Å². The largest absolute Gasteiger partial charge is 0.379 e. The number of morpholine rings is 1. The molecular formula is C21H31N3O2. The fraction of sp³-hybridized carbons (Fsp3) is 0.571. The van der Waals surface area contributed by atoms with E-state index >= 15 is 0 Å². The molecule has 1 aliphatic heterocycles. The maximum absolute atomic E-state index is 12.7. The van der Waals surface area contributed by atoms with Gasteiger partial charge in [0.05, 0.1) is 13.2 Å². The van der Waals surface area contributed by atoms with E-state index in [0.717, 1.165) is 44.7 Å². The van der Waals surface area contributed by atoms with E-state index in [1.165, 1.54) is 0 Å². The number of nitrogens with one attached hydrogen (secondary N) is 1. The molecule has 2 amide bonds. The molecule has 0 unspecified atom stereocenters. The molecule has 0 radical (unpaired) electrons. The average Bonchev–Trinajstić information content (AvgIpc) is 3.50. The van der Waals surface area contributed by atoms with Crippen LogP contribution in [0.15, 0.2) is 36.4 Å². The Bertz CT molecular complexity index is 605. The predicted octanol–water partition coefficient (Wildman–Crippen LogP) is 2.98. The molecule has 2 aliphatic rings. The van der Waals surface area contributed by atoms with E-state index in [4.69, 9.17) is 4.74 Å². The Kier molecular flexibility index (Phi) is 6.33. The van der Waals surface area contributed by atoms with E-state index < -0.39 is 0 Å². The number of ether oxygens (including phenoxy) is 1. The van der Waals surface area contributed by atoms with Crippen molar-refractivity contribution in [2.45, 2.75) is 38.3 Å². The molecular weight excluding hydrogens is 326 g/mol. The van der Waals surface area contributed by atoms with Gasteiger partial charge in [0, 0.05) is 37.8 Å². The number of hydrogen-bond acceptors (Lipinski definition) is 3. The van der Waals surface area contributed by atoms with E-state index in [-0.39, 0.29) is 11.6 Å². The monoisotopic (exact) mass is 357 g/mol. The Hall–Kier alpha value is -1.85. The first-order valence-electron chi connectivity index (χ1n) is 9.65. The van der Waals surface area contributed by atoms with E-state index in [2.05, 4.69) is 48.3 Å². The van der Waals surface area contributed by atoms with Crippen LogP contribution >= 0.6 is 0 Å². The third-order valence-corrected chi connectivity index (χ3v) is 5.20. The van der Waals surface area contributed by atoms with Crippen molar-refractivity contribution in [3.63, 3.8) is 0 Å². The van der Waals surface area contributed by atoms with Crippen molar-refractivity contribution in [3.05, 3.63) is 42.0 Å². The van der Waals surface area contributed by atoms with Crippen LogP contribution in [0.4, 0.5) is 4.79 Å². The van der Waals surface area contributed by atoms with Gasteiger partial charge in [-0.2, -0.15) is 0 Å². The molecule has 0 atom stereocenters. The first-order chi connectivity index (χ1) is 12.6. The molecule has 1 heterocycles.